The Labute approximate surface area is 77.1 Å². The molecule has 1 aromatic rings. The average molecular weight is 201 g/mol. The molecule has 0 amide bonds. The van der Waals surface area contributed by atoms with Gasteiger partial charge < -0.3 is 5.11 Å². The van der Waals surface area contributed by atoms with Gasteiger partial charge in [-0.15, -0.1) is 0 Å². The first-order valence-electron chi connectivity index (χ1n) is 3.65. The second kappa shape index (κ2) is 3.01. The lowest BCUT2D eigenvalue weighted by Crippen LogP contribution is -2.13. The third-order valence-corrected chi connectivity index (χ3v) is 2.85. The highest BCUT2D eigenvalue weighted by Gasteiger charge is 2.13. The van der Waals surface area contributed by atoms with Gasteiger partial charge in [-0.05, 0) is 37.1 Å². The third kappa shape index (κ3) is 1.99. The number of rotatable bonds is 1. The number of benzene rings is 1. The van der Waals surface area contributed by atoms with E-state index in [2.05, 4.69) is 0 Å². The number of phenolic OH excluding ortho intramolecular Hbond substituents is 1. The highest BCUT2D eigenvalue weighted by molar-refractivity contribution is 7.89. The summed E-state index contributed by atoms with van der Waals surface area (Å²) in [7, 11) is -3.68. The fraction of sp³-hybridized carbons (Fsp3) is 0.250. The van der Waals surface area contributed by atoms with Crippen molar-refractivity contribution >= 4 is 10.0 Å². The number of primary sulfonamides is 1. The van der Waals surface area contributed by atoms with Gasteiger partial charge in [0, 0.05) is 0 Å². The summed E-state index contributed by atoms with van der Waals surface area (Å²) >= 11 is 0. The second-order valence-corrected chi connectivity index (χ2v) is 4.48. The van der Waals surface area contributed by atoms with Crippen LogP contribution in [0.2, 0.25) is 0 Å². The van der Waals surface area contributed by atoms with Crippen LogP contribution in [0, 0.1) is 13.8 Å². The summed E-state index contributed by atoms with van der Waals surface area (Å²) < 4.78 is 22.0. The average Bonchev–Trinajstić information content (AvgIpc) is 1.94. The fourth-order valence-electron chi connectivity index (χ4n) is 1.08. The summed E-state index contributed by atoms with van der Waals surface area (Å²) in [6.45, 7) is 3.20. The van der Waals surface area contributed by atoms with Crippen LogP contribution >= 0.6 is 0 Å². The predicted molar refractivity (Wildman–Crippen MR) is 49.0 cm³/mol. The molecule has 0 atom stereocenters. The number of sulfonamides is 1. The van der Waals surface area contributed by atoms with Crippen LogP contribution in [0.25, 0.3) is 0 Å². The van der Waals surface area contributed by atoms with E-state index in [0.29, 0.717) is 11.1 Å². The van der Waals surface area contributed by atoms with E-state index in [1.807, 2.05) is 0 Å². The first-order valence-corrected chi connectivity index (χ1v) is 5.20. The van der Waals surface area contributed by atoms with Gasteiger partial charge in [0.15, 0.2) is 0 Å². The lowest BCUT2D eigenvalue weighted by Gasteiger charge is -2.05. The minimum Gasteiger partial charge on any atom is -0.508 e. The second-order valence-electron chi connectivity index (χ2n) is 2.95. The van der Waals surface area contributed by atoms with Crippen LogP contribution in [0.1, 0.15) is 11.1 Å². The van der Waals surface area contributed by atoms with E-state index in [-0.39, 0.29) is 10.6 Å². The van der Waals surface area contributed by atoms with Gasteiger partial charge in [-0.3, -0.25) is 0 Å². The Balaban J connectivity index is 3.50. The lowest BCUT2D eigenvalue weighted by molar-refractivity contribution is 0.470. The van der Waals surface area contributed by atoms with Gasteiger partial charge >= 0.3 is 0 Å². The first kappa shape index (κ1) is 10.0. The van der Waals surface area contributed by atoms with Crippen molar-refractivity contribution in [2.24, 2.45) is 5.14 Å². The van der Waals surface area contributed by atoms with Crippen molar-refractivity contribution < 1.29 is 13.5 Å². The van der Waals surface area contributed by atoms with Crippen molar-refractivity contribution in [3.05, 3.63) is 23.3 Å². The normalized spacial score (nSPS) is 11.6. The summed E-state index contributed by atoms with van der Waals surface area (Å²) in [6, 6.07) is 2.75. The maximum atomic E-state index is 11.0. The van der Waals surface area contributed by atoms with Gasteiger partial charge in [0.1, 0.15) is 5.75 Å². The molecule has 0 aromatic heterocycles. The maximum Gasteiger partial charge on any atom is 0.238 e. The Bertz CT molecular complexity index is 437. The van der Waals surface area contributed by atoms with Crippen molar-refractivity contribution in [2.45, 2.75) is 18.7 Å². The van der Waals surface area contributed by atoms with Crippen LogP contribution < -0.4 is 5.14 Å². The molecule has 1 rings (SSSR count). The van der Waals surface area contributed by atoms with Crippen molar-refractivity contribution in [3.8, 4) is 5.75 Å². The molecule has 5 heteroatoms. The largest absolute Gasteiger partial charge is 0.508 e. The van der Waals surface area contributed by atoms with Crippen molar-refractivity contribution in [3.63, 3.8) is 0 Å². The molecule has 0 aliphatic carbocycles. The molecule has 0 heterocycles. The molecule has 0 saturated heterocycles. The summed E-state index contributed by atoms with van der Waals surface area (Å²) in [5, 5.41) is 14.2. The zero-order valence-corrected chi connectivity index (χ0v) is 8.22. The molecule has 0 aliphatic rings. The molecule has 13 heavy (non-hydrogen) atoms. The standard InChI is InChI=1S/C8H11NO3S/c1-5-4-8(13(9,11)12)6(2)3-7(5)10/h3-4,10H,1-2H3,(H2,9,11,12). The van der Waals surface area contributed by atoms with E-state index in [0.717, 1.165) is 0 Å². The number of nitrogens with two attached hydrogens (primary N) is 1. The molecular formula is C8H11NO3S. The molecule has 0 radical (unpaired) electrons. The summed E-state index contributed by atoms with van der Waals surface area (Å²) in [5.41, 5.74) is 0.945. The van der Waals surface area contributed by atoms with Gasteiger partial charge in [0.05, 0.1) is 4.90 Å². The molecule has 0 fully saturated rings. The minimum atomic E-state index is -3.68. The SMILES string of the molecule is Cc1cc(S(N)(=O)=O)c(C)cc1O. The quantitative estimate of drug-likeness (QED) is 0.700. The lowest BCUT2D eigenvalue weighted by atomic mass is 10.1. The van der Waals surface area contributed by atoms with Gasteiger partial charge in [-0.2, -0.15) is 0 Å². The maximum absolute atomic E-state index is 11.0. The van der Waals surface area contributed by atoms with E-state index in [4.69, 9.17) is 5.14 Å². The first-order chi connectivity index (χ1) is 5.82. The highest BCUT2D eigenvalue weighted by Crippen LogP contribution is 2.23. The Hall–Kier alpha value is -1.07. The number of hydrogen-bond donors (Lipinski definition) is 2. The van der Waals surface area contributed by atoms with E-state index >= 15 is 0 Å². The molecule has 1 aromatic carbocycles. The van der Waals surface area contributed by atoms with Crippen molar-refractivity contribution in [2.75, 3.05) is 0 Å². The predicted octanol–water partition coefficient (Wildman–Crippen LogP) is 0.656. The van der Waals surface area contributed by atoms with Crippen LogP contribution in [0.4, 0.5) is 0 Å². The van der Waals surface area contributed by atoms with Gasteiger partial charge in [-0.25, -0.2) is 13.6 Å². The molecule has 3 N–H and O–H groups in total. The van der Waals surface area contributed by atoms with Gasteiger partial charge in [-0.1, -0.05) is 0 Å². The molecule has 0 unspecified atom stereocenters. The van der Waals surface area contributed by atoms with Crippen LogP contribution in [-0.4, -0.2) is 13.5 Å². The number of aryl methyl sites for hydroxylation is 2. The zero-order valence-electron chi connectivity index (χ0n) is 7.40. The number of phenols is 1. The number of aromatic hydroxyl groups is 1. The molecular weight excluding hydrogens is 190 g/mol. The molecule has 0 saturated carbocycles. The number of hydrogen-bond acceptors (Lipinski definition) is 3. The van der Waals surface area contributed by atoms with Gasteiger partial charge in [0.2, 0.25) is 10.0 Å². The molecule has 0 bridgehead atoms. The summed E-state index contributed by atoms with van der Waals surface area (Å²) in [5.74, 6) is 0.0740. The topological polar surface area (TPSA) is 80.4 Å². The third-order valence-electron chi connectivity index (χ3n) is 1.80. The fourth-order valence-corrected chi connectivity index (χ4v) is 1.93. The van der Waals surface area contributed by atoms with Crippen LogP contribution in [0.5, 0.6) is 5.75 Å². The van der Waals surface area contributed by atoms with Gasteiger partial charge in [0.25, 0.3) is 0 Å². The van der Waals surface area contributed by atoms with E-state index in [1.54, 1.807) is 13.8 Å². The molecule has 0 aliphatic heterocycles. The Morgan fingerprint density at radius 1 is 1.23 bits per heavy atom. The van der Waals surface area contributed by atoms with Crippen molar-refractivity contribution in [1.82, 2.24) is 0 Å². The van der Waals surface area contributed by atoms with Crippen LogP contribution in [-0.2, 0) is 10.0 Å². The van der Waals surface area contributed by atoms with E-state index < -0.39 is 10.0 Å². The van der Waals surface area contributed by atoms with E-state index in [1.165, 1.54) is 12.1 Å². The zero-order chi connectivity index (χ0) is 10.2. The molecule has 72 valence electrons. The smallest absolute Gasteiger partial charge is 0.238 e. The molecule has 4 nitrogen and oxygen atoms in total. The molecule has 0 spiro atoms. The Morgan fingerprint density at radius 3 is 2.23 bits per heavy atom. The van der Waals surface area contributed by atoms with Crippen LogP contribution in [0.15, 0.2) is 17.0 Å². The summed E-state index contributed by atoms with van der Waals surface area (Å²) in [6.07, 6.45) is 0. The van der Waals surface area contributed by atoms with Crippen LogP contribution in [0.3, 0.4) is 0 Å². The van der Waals surface area contributed by atoms with E-state index in [9.17, 15) is 13.5 Å². The van der Waals surface area contributed by atoms with Crippen molar-refractivity contribution in [1.29, 1.82) is 0 Å². The highest BCUT2D eigenvalue weighted by atomic mass is 32.2. The monoisotopic (exact) mass is 201 g/mol. The Kier molecular flexibility index (Phi) is 2.32. The minimum absolute atomic E-state index is 0.0581. The Morgan fingerprint density at radius 2 is 1.77 bits per heavy atom. The summed E-state index contributed by atoms with van der Waals surface area (Å²) in [4.78, 5) is 0.0581.